The molecule has 3 saturated heterocycles. The average Bonchev–Trinajstić information content (AvgIpc) is 3.38. The van der Waals surface area contributed by atoms with E-state index in [-0.39, 0.29) is 54.0 Å². The van der Waals surface area contributed by atoms with E-state index < -0.39 is 0 Å². The first-order chi connectivity index (χ1) is 22.5. The lowest BCUT2D eigenvalue weighted by atomic mass is 9.47. The van der Waals surface area contributed by atoms with E-state index in [1.54, 1.807) is 0 Å². The van der Waals surface area contributed by atoms with Crippen molar-refractivity contribution in [3.8, 4) is 0 Å². The Morgan fingerprint density at radius 3 is 2.47 bits per heavy atom. The van der Waals surface area contributed by atoms with E-state index in [1.165, 1.54) is 57.8 Å². The SMILES string of the molecule is CC(C)C(OC(=O)N1CCC1)C1CCC2C(CC3C(C)C2CCCC24CC25CCC(OC(=O)NC2CCOC2)C(C)(C)C5CCC34)O1. The summed E-state index contributed by atoms with van der Waals surface area (Å²) in [5.74, 6) is 4.46. The van der Waals surface area contributed by atoms with Crippen LogP contribution in [0.5, 0.6) is 0 Å². The molecule has 3 aliphatic heterocycles. The summed E-state index contributed by atoms with van der Waals surface area (Å²) in [6.45, 7) is 14.7. The molecule has 13 unspecified atom stereocenters. The Bertz CT molecular complexity index is 1200. The molecule has 0 aromatic carbocycles. The summed E-state index contributed by atoms with van der Waals surface area (Å²) >= 11 is 0. The Hall–Kier alpha value is -1.54. The van der Waals surface area contributed by atoms with Crippen molar-refractivity contribution in [1.29, 1.82) is 0 Å². The lowest BCUT2D eigenvalue weighted by molar-refractivity contribution is -0.194. The molecule has 1 N–H and O–H groups in total. The fourth-order valence-corrected chi connectivity index (χ4v) is 13.4. The van der Waals surface area contributed by atoms with Crippen LogP contribution in [0.3, 0.4) is 0 Å². The van der Waals surface area contributed by atoms with E-state index in [4.69, 9.17) is 18.9 Å². The number of amides is 2. The number of carbonyl (C=O) groups is 2. The molecule has 0 radical (unpaired) electrons. The second kappa shape index (κ2) is 12.1. The summed E-state index contributed by atoms with van der Waals surface area (Å²) in [6, 6.07) is 0.0820. The quantitative estimate of drug-likeness (QED) is 0.329. The molecule has 5 saturated carbocycles. The zero-order chi connectivity index (χ0) is 32.7. The van der Waals surface area contributed by atoms with Crippen LogP contribution in [0, 0.1) is 57.7 Å². The number of hydrogen-bond donors (Lipinski definition) is 1. The van der Waals surface area contributed by atoms with Crippen LogP contribution in [-0.2, 0) is 18.9 Å². The monoisotopic (exact) mass is 654 g/mol. The zero-order valence-corrected chi connectivity index (χ0v) is 29.8. The van der Waals surface area contributed by atoms with Gasteiger partial charge < -0.3 is 29.2 Å². The Morgan fingerprint density at radius 2 is 1.74 bits per heavy atom. The minimum atomic E-state index is -0.253. The maximum Gasteiger partial charge on any atom is 0.410 e. The molecule has 8 rings (SSSR count). The van der Waals surface area contributed by atoms with Gasteiger partial charge in [0.15, 0.2) is 0 Å². The molecule has 264 valence electrons. The molecule has 2 amide bonds. The first kappa shape index (κ1) is 32.7. The van der Waals surface area contributed by atoms with E-state index in [0.29, 0.717) is 35.2 Å². The maximum absolute atomic E-state index is 13.0. The van der Waals surface area contributed by atoms with Crippen LogP contribution in [0.2, 0.25) is 0 Å². The van der Waals surface area contributed by atoms with Crippen molar-refractivity contribution in [2.24, 2.45) is 57.7 Å². The first-order valence-electron chi connectivity index (χ1n) is 19.7. The summed E-state index contributed by atoms with van der Waals surface area (Å²) in [4.78, 5) is 27.7. The lowest BCUT2D eigenvalue weighted by Crippen LogP contribution is -2.57. The third-order valence-electron chi connectivity index (χ3n) is 15.8. The Labute approximate surface area is 283 Å². The number of likely N-dealkylation sites (tertiary alicyclic amines) is 1. The van der Waals surface area contributed by atoms with E-state index in [0.717, 1.165) is 63.1 Å². The smallest absolute Gasteiger partial charge is 0.410 e. The van der Waals surface area contributed by atoms with Gasteiger partial charge in [-0.2, -0.15) is 0 Å². The number of ether oxygens (including phenoxy) is 4. The highest BCUT2D eigenvalue weighted by molar-refractivity contribution is 5.69. The lowest BCUT2D eigenvalue weighted by Gasteiger charge is -2.59. The van der Waals surface area contributed by atoms with Gasteiger partial charge in [0.05, 0.1) is 24.9 Å². The Balaban J connectivity index is 0.977. The number of fused-ring (bicyclic) bond motifs is 5. The fraction of sp³-hybridized carbons (Fsp3) is 0.949. The molecule has 8 fully saturated rings. The van der Waals surface area contributed by atoms with Gasteiger partial charge in [0, 0.05) is 25.1 Å². The van der Waals surface area contributed by atoms with Crippen LogP contribution < -0.4 is 5.32 Å². The second-order valence-electron chi connectivity index (χ2n) is 18.4. The topological polar surface area (TPSA) is 86.3 Å². The molecule has 5 aliphatic carbocycles. The van der Waals surface area contributed by atoms with Gasteiger partial charge in [0.2, 0.25) is 0 Å². The molecular formula is C39H62N2O6. The van der Waals surface area contributed by atoms with Crippen molar-refractivity contribution >= 4 is 12.2 Å². The normalized spacial score (nSPS) is 47.1. The average molecular weight is 655 g/mol. The summed E-state index contributed by atoms with van der Waals surface area (Å²) in [7, 11) is 0. The molecule has 2 bridgehead atoms. The van der Waals surface area contributed by atoms with Gasteiger partial charge in [-0.3, -0.25) is 0 Å². The number of nitrogens with zero attached hydrogens (tertiary/aromatic N) is 1. The predicted molar refractivity (Wildman–Crippen MR) is 179 cm³/mol. The van der Waals surface area contributed by atoms with Crippen molar-refractivity contribution in [3.63, 3.8) is 0 Å². The third kappa shape index (κ3) is 5.26. The van der Waals surface area contributed by atoms with Crippen molar-refractivity contribution in [2.45, 2.75) is 149 Å². The molecule has 47 heavy (non-hydrogen) atoms. The van der Waals surface area contributed by atoms with Crippen LogP contribution in [-0.4, -0.2) is 73.8 Å². The number of hydrogen-bond acceptors (Lipinski definition) is 6. The first-order valence-corrected chi connectivity index (χ1v) is 19.7. The molecule has 0 aromatic rings. The zero-order valence-electron chi connectivity index (χ0n) is 29.8. The van der Waals surface area contributed by atoms with Crippen LogP contribution in [0.15, 0.2) is 0 Å². The van der Waals surface area contributed by atoms with Crippen molar-refractivity contribution < 1.29 is 28.5 Å². The molecule has 13 atom stereocenters. The number of alkyl carbamates (subject to hydrolysis) is 1. The second-order valence-corrected chi connectivity index (χ2v) is 18.4. The van der Waals surface area contributed by atoms with Gasteiger partial charge >= 0.3 is 12.2 Å². The van der Waals surface area contributed by atoms with Crippen LogP contribution in [0.1, 0.15) is 118 Å². The highest BCUT2D eigenvalue weighted by atomic mass is 16.6. The van der Waals surface area contributed by atoms with Gasteiger partial charge in [0.25, 0.3) is 0 Å². The molecular weight excluding hydrogens is 592 g/mol. The van der Waals surface area contributed by atoms with E-state index in [1.807, 2.05) is 4.90 Å². The Kier molecular flexibility index (Phi) is 8.38. The largest absolute Gasteiger partial charge is 0.446 e. The van der Waals surface area contributed by atoms with Gasteiger partial charge in [-0.25, -0.2) is 9.59 Å². The number of rotatable bonds is 5. The summed E-state index contributed by atoms with van der Waals surface area (Å²) in [5.41, 5.74) is 0.825. The van der Waals surface area contributed by atoms with E-state index in [9.17, 15) is 9.59 Å². The molecule has 8 heteroatoms. The van der Waals surface area contributed by atoms with Crippen LogP contribution >= 0.6 is 0 Å². The van der Waals surface area contributed by atoms with Crippen molar-refractivity contribution in [1.82, 2.24) is 10.2 Å². The third-order valence-corrected chi connectivity index (χ3v) is 15.8. The predicted octanol–water partition coefficient (Wildman–Crippen LogP) is 7.58. The summed E-state index contributed by atoms with van der Waals surface area (Å²) in [6.07, 6.45) is 15.2. The fourth-order valence-electron chi connectivity index (χ4n) is 13.4. The van der Waals surface area contributed by atoms with Crippen molar-refractivity contribution in [2.75, 3.05) is 26.3 Å². The van der Waals surface area contributed by atoms with Crippen molar-refractivity contribution in [3.05, 3.63) is 0 Å². The molecule has 3 heterocycles. The van der Waals surface area contributed by atoms with Gasteiger partial charge in [-0.05, 0) is 129 Å². The van der Waals surface area contributed by atoms with Crippen LogP contribution in [0.25, 0.3) is 0 Å². The summed E-state index contributed by atoms with van der Waals surface area (Å²) in [5, 5.41) is 3.08. The standard InChI is InChI=1S/C39H62N2O6/c1-23(2)34(47-36(43)41-17-7-18-41)30-11-9-27-26-8-6-15-38-22-39(38)16-13-33(46-35(42)40-25-14-19-44-21-25)37(4,5)32(39)12-10-29(38)28(24(26)3)20-31(27)45-30/h23-34H,6-22H2,1-5H3,(H,40,42). The summed E-state index contributed by atoms with van der Waals surface area (Å²) < 4.78 is 25.0. The van der Waals surface area contributed by atoms with Gasteiger partial charge in [-0.15, -0.1) is 0 Å². The van der Waals surface area contributed by atoms with E-state index >= 15 is 0 Å². The number of nitrogens with one attached hydrogen (secondary N) is 1. The van der Waals surface area contributed by atoms with E-state index in [2.05, 4.69) is 39.9 Å². The Morgan fingerprint density at radius 1 is 0.915 bits per heavy atom. The molecule has 8 nitrogen and oxygen atoms in total. The minimum absolute atomic E-state index is 0.00515. The van der Waals surface area contributed by atoms with Gasteiger partial charge in [-0.1, -0.05) is 41.0 Å². The van der Waals surface area contributed by atoms with Crippen LogP contribution in [0.4, 0.5) is 9.59 Å². The number of carbonyl (C=O) groups excluding carboxylic acids is 2. The highest BCUT2D eigenvalue weighted by Gasteiger charge is 2.78. The minimum Gasteiger partial charge on any atom is -0.446 e. The molecule has 2 spiro atoms. The molecule has 0 aromatic heterocycles. The highest BCUT2D eigenvalue weighted by Crippen LogP contribution is 2.85. The maximum atomic E-state index is 13.0. The van der Waals surface area contributed by atoms with Gasteiger partial charge in [0.1, 0.15) is 12.2 Å². The molecule has 8 aliphatic rings.